The summed E-state index contributed by atoms with van der Waals surface area (Å²) in [6, 6.07) is 13.7. The summed E-state index contributed by atoms with van der Waals surface area (Å²) in [5, 5.41) is 16.7. The van der Waals surface area contributed by atoms with Crippen LogP contribution in [0.15, 0.2) is 61.2 Å². The molecule has 0 radical (unpaired) electrons. The fraction of sp³-hybridized carbons (Fsp3) is 0.192. The van der Waals surface area contributed by atoms with Crippen molar-refractivity contribution in [1.82, 2.24) is 29.9 Å². The number of nitrogens with one attached hydrogen (secondary N) is 1. The van der Waals surface area contributed by atoms with E-state index >= 15 is 0 Å². The molecule has 10 heteroatoms. The van der Waals surface area contributed by atoms with E-state index in [2.05, 4.69) is 37.3 Å². The Labute approximate surface area is 206 Å². The summed E-state index contributed by atoms with van der Waals surface area (Å²) >= 11 is 0. The molecule has 1 aliphatic rings. The number of hydrogen-bond acceptors (Lipinski definition) is 7. The van der Waals surface area contributed by atoms with Gasteiger partial charge in [-0.05, 0) is 72.0 Å². The molecule has 0 unspecified atom stereocenters. The highest BCUT2D eigenvalue weighted by Gasteiger charge is 2.22. The van der Waals surface area contributed by atoms with Gasteiger partial charge in [0.15, 0.2) is 5.82 Å². The maximum Gasteiger partial charge on any atom is 0.253 e. The average Bonchev–Trinajstić information content (AvgIpc) is 3.41. The minimum atomic E-state index is -0.254. The second kappa shape index (κ2) is 9.95. The molecule has 3 heterocycles. The summed E-state index contributed by atoms with van der Waals surface area (Å²) in [6.07, 6.45) is 5.34. The molecule has 4 aromatic rings. The van der Waals surface area contributed by atoms with E-state index in [1.165, 1.54) is 12.1 Å². The standard InChI is InChI=1S/C26H25FN8O/c1-3-5-23-22(4-2)29-24(25-30-31-32-35(23)25)28-20-10-6-18(7-11-20)26(36)34-16-14-33(15-17-34)21-12-8-19(27)9-13-21/h3-13H,1,14-17H2,2H3,(H,28,29)/b22-4+,23-5+. The summed E-state index contributed by atoms with van der Waals surface area (Å²) in [6.45, 7) is 8.23. The summed E-state index contributed by atoms with van der Waals surface area (Å²) in [7, 11) is 0. The molecule has 1 saturated heterocycles. The van der Waals surface area contributed by atoms with E-state index in [9.17, 15) is 9.18 Å². The summed E-state index contributed by atoms with van der Waals surface area (Å²) in [4.78, 5) is 21.7. The van der Waals surface area contributed by atoms with Gasteiger partial charge in [0.25, 0.3) is 5.91 Å². The molecule has 5 rings (SSSR count). The molecule has 2 aromatic heterocycles. The van der Waals surface area contributed by atoms with Crippen molar-refractivity contribution in [1.29, 1.82) is 0 Å². The number of allylic oxidation sites excluding steroid dienone is 1. The van der Waals surface area contributed by atoms with E-state index in [4.69, 9.17) is 0 Å². The van der Waals surface area contributed by atoms with Crippen LogP contribution in [0, 0.1) is 5.82 Å². The van der Waals surface area contributed by atoms with Gasteiger partial charge in [-0.2, -0.15) is 4.52 Å². The second-order valence-electron chi connectivity index (χ2n) is 8.29. The molecule has 1 fully saturated rings. The van der Waals surface area contributed by atoms with Crippen LogP contribution >= 0.6 is 0 Å². The van der Waals surface area contributed by atoms with Crippen LogP contribution in [0.25, 0.3) is 17.8 Å². The van der Waals surface area contributed by atoms with E-state index in [1.807, 2.05) is 30.0 Å². The lowest BCUT2D eigenvalue weighted by Crippen LogP contribution is -2.48. The number of halogens is 1. The molecule has 1 N–H and O–H groups in total. The van der Waals surface area contributed by atoms with Gasteiger partial charge >= 0.3 is 0 Å². The van der Waals surface area contributed by atoms with Gasteiger partial charge in [0.1, 0.15) is 5.82 Å². The van der Waals surface area contributed by atoms with E-state index in [0.717, 1.165) is 16.7 Å². The number of amides is 1. The molecule has 36 heavy (non-hydrogen) atoms. The van der Waals surface area contributed by atoms with E-state index in [0.29, 0.717) is 48.6 Å². The highest BCUT2D eigenvalue weighted by Crippen LogP contribution is 2.20. The first-order chi connectivity index (χ1) is 17.6. The quantitative estimate of drug-likeness (QED) is 0.464. The Balaban J connectivity index is 1.29. The molecule has 182 valence electrons. The molecule has 0 atom stereocenters. The van der Waals surface area contributed by atoms with Gasteiger partial charge in [-0.15, -0.1) is 5.10 Å². The zero-order valence-corrected chi connectivity index (χ0v) is 19.8. The largest absolute Gasteiger partial charge is 0.368 e. The smallest absolute Gasteiger partial charge is 0.253 e. The lowest BCUT2D eigenvalue weighted by atomic mass is 10.1. The maximum atomic E-state index is 13.2. The van der Waals surface area contributed by atoms with Crippen molar-refractivity contribution in [2.75, 3.05) is 36.4 Å². The predicted molar refractivity (Wildman–Crippen MR) is 137 cm³/mol. The monoisotopic (exact) mass is 484 g/mol. The zero-order valence-electron chi connectivity index (χ0n) is 19.8. The van der Waals surface area contributed by atoms with Crippen molar-refractivity contribution < 1.29 is 9.18 Å². The van der Waals surface area contributed by atoms with Crippen molar-refractivity contribution in [3.8, 4) is 0 Å². The molecule has 0 spiro atoms. The van der Waals surface area contributed by atoms with Gasteiger partial charge in [0.2, 0.25) is 5.65 Å². The highest BCUT2D eigenvalue weighted by molar-refractivity contribution is 5.94. The van der Waals surface area contributed by atoms with Crippen molar-refractivity contribution in [2.45, 2.75) is 6.92 Å². The van der Waals surface area contributed by atoms with Crippen LogP contribution < -0.4 is 20.9 Å². The SMILES string of the molecule is C=C/C=c1\c(=C/C)nc(Nc2ccc(C(=O)N3CCN(c4ccc(F)cc4)CC3)cc2)c2nnnn12. The third-order valence-corrected chi connectivity index (χ3v) is 6.11. The number of benzene rings is 2. The van der Waals surface area contributed by atoms with Crippen molar-refractivity contribution in [3.05, 3.63) is 83.3 Å². The molecular weight excluding hydrogens is 459 g/mol. The molecular formula is C26H25FN8O. The minimum Gasteiger partial charge on any atom is -0.368 e. The van der Waals surface area contributed by atoms with Crippen LogP contribution in [-0.2, 0) is 0 Å². The van der Waals surface area contributed by atoms with Crippen molar-refractivity contribution in [3.63, 3.8) is 0 Å². The lowest BCUT2D eigenvalue weighted by molar-refractivity contribution is 0.0747. The number of fused-ring (bicyclic) bond motifs is 1. The van der Waals surface area contributed by atoms with Crippen LogP contribution in [0.3, 0.4) is 0 Å². The van der Waals surface area contributed by atoms with Gasteiger partial charge < -0.3 is 15.1 Å². The Hall–Kier alpha value is -4.60. The normalized spacial score (nSPS) is 14.9. The summed E-state index contributed by atoms with van der Waals surface area (Å²) < 4.78 is 14.8. The number of piperazine rings is 1. The summed E-state index contributed by atoms with van der Waals surface area (Å²) in [5.41, 5.74) is 2.81. The van der Waals surface area contributed by atoms with Crippen LogP contribution in [0.1, 0.15) is 17.3 Å². The Morgan fingerprint density at radius 3 is 2.44 bits per heavy atom. The molecule has 1 aliphatic heterocycles. The fourth-order valence-corrected chi connectivity index (χ4v) is 4.23. The molecule has 0 aliphatic carbocycles. The lowest BCUT2D eigenvalue weighted by Gasteiger charge is -2.36. The van der Waals surface area contributed by atoms with Crippen LogP contribution in [-0.4, -0.2) is 62.0 Å². The molecule has 0 saturated carbocycles. The number of nitrogens with zero attached hydrogens (tertiary/aromatic N) is 7. The number of aromatic nitrogens is 5. The highest BCUT2D eigenvalue weighted by atomic mass is 19.1. The van der Waals surface area contributed by atoms with Crippen molar-refractivity contribution >= 4 is 40.9 Å². The van der Waals surface area contributed by atoms with Gasteiger partial charge in [0.05, 0.1) is 10.7 Å². The number of rotatable bonds is 5. The maximum absolute atomic E-state index is 13.2. The minimum absolute atomic E-state index is 0.0188. The van der Waals surface area contributed by atoms with E-state index in [1.54, 1.807) is 40.9 Å². The van der Waals surface area contributed by atoms with Crippen LogP contribution in [0.5, 0.6) is 0 Å². The Morgan fingerprint density at radius 2 is 1.78 bits per heavy atom. The first-order valence-corrected chi connectivity index (χ1v) is 11.6. The van der Waals surface area contributed by atoms with E-state index in [-0.39, 0.29) is 11.7 Å². The van der Waals surface area contributed by atoms with Gasteiger partial charge in [0, 0.05) is 43.1 Å². The van der Waals surface area contributed by atoms with Crippen LogP contribution in [0.2, 0.25) is 0 Å². The number of carbonyl (C=O) groups is 1. The molecule has 2 aromatic carbocycles. The summed E-state index contributed by atoms with van der Waals surface area (Å²) in [5.74, 6) is 0.233. The first kappa shape index (κ1) is 23.2. The van der Waals surface area contributed by atoms with E-state index < -0.39 is 0 Å². The van der Waals surface area contributed by atoms with Gasteiger partial charge in [-0.25, -0.2) is 9.37 Å². The third kappa shape index (κ3) is 4.52. The Kier molecular flexibility index (Phi) is 6.40. The Morgan fingerprint density at radius 1 is 1.06 bits per heavy atom. The Bertz CT molecular complexity index is 1520. The average molecular weight is 485 g/mol. The number of anilines is 3. The fourth-order valence-electron chi connectivity index (χ4n) is 4.23. The second-order valence-corrected chi connectivity index (χ2v) is 8.29. The number of carbonyl (C=O) groups excluding carboxylic acids is 1. The van der Waals surface area contributed by atoms with Crippen LogP contribution in [0.4, 0.5) is 21.6 Å². The van der Waals surface area contributed by atoms with Crippen molar-refractivity contribution in [2.24, 2.45) is 0 Å². The van der Waals surface area contributed by atoms with Gasteiger partial charge in [-0.1, -0.05) is 18.7 Å². The molecule has 0 bridgehead atoms. The number of tetrazole rings is 1. The zero-order chi connectivity index (χ0) is 25.1. The topological polar surface area (TPSA) is 91.5 Å². The third-order valence-electron chi connectivity index (χ3n) is 6.11. The number of hydrogen-bond donors (Lipinski definition) is 1. The molecule has 1 amide bonds. The van der Waals surface area contributed by atoms with Gasteiger partial charge in [-0.3, -0.25) is 4.79 Å². The first-order valence-electron chi connectivity index (χ1n) is 11.6. The predicted octanol–water partition coefficient (Wildman–Crippen LogP) is 2.13. The molecule has 9 nitrogen and oxygen atoms in total.